The highest BCUT2D eigenvalue weighted by atomic mass is 14.8. The third kappa shape index (κ3) is 4.99. The van der Waals surface area contributed by atoms with Crippen LogP contribution in [0.25, 0.3) is 0 Å². The van der Waals surface area contributed by atoms with Gasteiger partial charge in [-0.15, -0.1) is 0 Å². The molecule has 0 radical (unpaired) electrons. The Labute approximate surface area is 89.7 Å². The van der Waals surface area contributed by atoms with Gasteiger partial charge in [0.15, 0.2) is 0 Å². The zero-order valence-electron chi connectivity index (χ0n) is 10.0. The molecule has 0 aromatic heterocycles. The van der Waals surface area contributed by atoms with Gasteiger partial charge in [0, 0.05) is 0 Å². The lowest BCUT2D eigenvalue weighted by atomic mass is 9.86. The van der Waals surface area contributed by atoms with E-state index < -0.39 is 0 Å². The molecule has 0 aromatic carbocycles. The molecule has 1 heterocycles. The molecule has 1 unspecified atom stereocenters. The van der Waals surface area contributed by atoms with Crippen molar-refractivity contribution in [3.05, 3.63) is 0 Å². The molecular formula is C13H27N. The van der Waals surface area contributed by atoms with Crippen molar-refractivity contribution in [3.63, 3.8) is 0 Å². The second-order valence-electron chi connectivity index (χ2n) is 5.10. The van der Waals surface area contributed by atoms with E-state index in [1.165, 1.54) is 58.0 Å². The first-order chi connectivity index (χ1) is 6.80. The predicted molar refractivity (Wildman–Crippen MR) is 63.5 cm³/mol. The Bertz CT molecular complexity index is 119. The van der Waals surface area contributed by atoms with Crippen LogP contribution in [0.4, 0.5) is 0 Å². The molecule has 0 aromatic rings. The number of nitrogens with one attached hydrogen (secondary N) is 1. The van der Waals surface area contributed by atoms with E-state index in [1.54, 1.807) is 0 Å². The third-order valence-electron chi connectivity index (χ3n) is 3.55. The summed E-state index contributed by atoms with van der Waals surface area (Å²) in [4.78, 5) is 0. The van der Waals surface area contributed by atoms with E-state index in [1.807, 2.05) is 0 Å². The summed E-state index contributed by atoms with van der Waals surface area (Å²) in [6, 6.07) is 0. The Morgan fingerprint density at radius 3 is 2.29 bits per heavy atom. The van der Waals surface area contributed by atoms with E-state index in [2.05, 4.69) is 19.2 Å². The molecule has 1 fully saturated rings. The van der Waals surface area contributed by atoms with Gasteiger partial charge in [-0.1, -0.05) is 39.5 Å². The number of hydrogen-bond donors (Lipinski definition) is 1. The minimum Gasteiger partial charge on any atom is -0.317 e. The van der Waals surface area contributed by atoms with Gasteiger partial charge < -0.3 is 5.32 Å². The molecule has 1 N–H and O–H groups in total. The largest absolute Gasteiger partial charge is 0.317 e. The van der Waals surface area contributed by atoms with E-state index in [4.69, 9.17) is 0 Å². The van der Waals surface area contributed by atoms with E-state index >= 15 is 0 Å². The molecule has 1 atom stereocenters. The quantitative estimate of drug-likeness (QED) is 0.677. The summed E-state index contributed by atoms with van der Waals surface area (Å²) in [6.07, 6.45) is 10.0. The molecule has 14 heavy (non-hydrogen) atoms. The lowest BCUT2D eigenvalue weighted by Gasteiger charge is -2.20. The van der Waals surface area contributed by atoms with Crippen molar-refractivity contribution in [1.29, 1.82) is 0 Å². The molecule has 1 nitrogen and oxygen atoms in total. The van der Waals surface area contributed by atoms with Crippen molar-refractivity contribution in [1.82, 2.24) is 5.32 Å². The van der Waals surface area contributed by atoms with E-state index in [0.29, 0.717) is 0 Å². The average molecular weight is 197 g/mol. The summed E-state index contributed by atoms with van der Waals surface area (Å²) < 4.78 is 0. The molecule has 1 aliphatic heterocycles. The van der Waals surface area contributed by atoms with Crippen LogP contribution in [-0.2, 0) is 0 Å². The molecule has 84 valence electrons. The fourth-order valence-electron chi connectivity index (χ4n) is 2.44. The minimum atomic E-state index is 0.885. The van der Waals surface area contributed by atoms with Gasteiger partial charge in [-0.05, 0) is 44.2 Å². The molecule has 0 saturated carbocycles. The standard InChI is InChI=1S/C13H27N/c1-12(2)13-8-5-3-4-6-10-14-11-7-9-13/h12-14H,3-11H2,1-2H3. The molecule has 0 amide bonds. The van der Waals surface area contributed by atoms with Crippen LogP contribution < -0.4 is 5.32 Å². The van der Waals surface area contributed by atoms with Gasteiger partial charge in [0.1, 0.15) is 0 Å². The summed E-state index contributed by atoms with van der Waals surface area (Å²) in [5.41, 5.74) is 0. The average Bonchev–Trinajstić information content (AvgIpc) is 2.21. The molecule has 0 spiro atoms. The SMILES string of the molecule is CC(C)C1CCCCCCNCCC1. The van der Waals surface area contributed by atoms with Crippen molar-refractivity contribution in [2.24, 2.45) is 11.8 Å². The number of rotatable bonds is 1. The van der Waals surface area contributed by atoms with Crippen LogP contribution in [-0.4, -0.2) is 13.1 Å². The highest BCUT2D eigenvalue weighted by molar-refractivity contribution is 4.65. The molecule has 1 aliphatic rings. The Morgan fingerprint density at radius 2 is 1.50 bits per heavy atom. The maximum absolute atomic E-state index is 3.54. The lowest BCUT2D eigenvalue weighted by Crippen LogP contribution is -2.17. The van der Waals surface area contributed by atoms with Gasteiger partial charge in [0.05, 0.1) is 0 Å². The summed E-state index contributed by atoms with van der Waals surface area (Å²) in [5.74, 6) is 1.87. The third-order valence-corrected chi connectivity index (χ3v) is 3.55. The van der Waals surface area contributed by atoms with Gasteiger partial charge in [-0.2, -0.15) is 0 Å². The molecule has 0 aliphatic carbocycles. The van der Waals surface area contributed by atoms with Gasteiger partial charge in [-0.3, -0.25) is 0 Å². The van der Waals surface area contributed by atoms with Crippen LogP contribution >= 0.6 is 0 Å². The van der Waals surface area contributed by atoms with E-state index in [-0.39, 0.29) is 0 Å². The minimum absolute atomic E-state index is 0.885. The Balaban J connectivity index is 2.27. The van der Waals surface area contributed by atoms with Crippen molar-refractivity contribution in [3.8, 4) is 0 Å². The van der Waals surface area contributed by atoms with Crippen molar-refractivity contribution >= 4 is 0 Å². The first-order valence-corrected chi connectivity index (χ1v) is 6.51. The van der Waals surface area contributed by atoms with Crippen molar-refractivity contribution in [2.45, 2.75) is 58.8 Å². The smallest absolute Gasteiger partial charge is 0.00488 e. The summed E-state index contributed by atoms with van der Waals surface area (Å²) >= 11 is 0. The predicted octanol–water partition coefficient (Wildman–Crippen LogP) is 3.59. The van der Waals surface area contributed by atoms with Crippen LogP contribution in [0.2, 0.25) is 0 Å². The number of hydrogen-bond acceptors (Lipinski definition) is 1. The second kappa shape index (κ2) is 7.28. The Hall–Kier alpha value is -0.0400. The highest BCUT2D eigenvalue weighted by Crippen LogP contribution is 2.24. The Morgan fingerprint density at radius 1 is 0.857 bits per heavy atom. The molecule has 1 rings (SSSR count). The van der Waals surface area contributed by atoms with Crippen LogP contribution in [0.15, 0.2) is 0 Å². The van der Waals surface area contributed by atoms with Crippen molar-refractivity contribution < 1.29 is 0 Å². The van der Waals surface area contributed by atoms with Gasteiger partial charge in [0.2, 0.25) is 0 Å². The highest BCUT2D eigenvalue weighted by Gasteiger charge is 2.12. The molecule has 1 heteroatoms. The topological polar surface area (TPSA) is 12.0 Å². The molecule has 0 bridgehead atoms. The fourth-order valence-corrected chi connectivity index (χ4v) is 2.44. The zero-order valence-corrected chi connectivity index (χ0v) is 10.0. The van der Waals surface area contributed by atoms with Crippen molar-refractivity contribution in [2.75, 3.05) is 13.1 Å². The van der Waals surface area contributed by atoms with E-state index in [9.17, 15) is 0 Å². The normalized spacial score (nSPS) is 27.2. The fraction of sp³-hybridized carbons (Fsp3) is 1.00. The zero-order chi connectivity index (χ0) is 10.2. The van der Waals surface area contributed by atoms with Crippen LogP contribution in [0.1, 0.15) is 58.8 Å². The first-order valence-electron chi connectivity index (χ1n) is 6.51. The van der Waals surface area contributed by atoms with Crippen LogP contribution in [0.5, 0.6) is 0 Å². The first kappa shape index (κ1) is 12.0. The van der Waals surface area contributed by atoms with Crippen LogP contribution in [0.3, 0.4) is 0 Å². The van der Waals surface area contributed by atoms with Crippen LogP contribution in [0, 0.1) is 11.8 Å². The van der Waals surface area contributed by atoms with Gasteiger partial charge >= 0.3 is 0 Å². The summed E-state index contributed by atoms with van der Waals surface area (Å²) in [6.45, 7) is 7.25. The second-order valence-corrected chi connectivity index (χ2v) is 5.10. The Kier molecular flexibility index (Phi) is 6.25. The maximum Gasteiger partial charge on any atom is -0.00488 e. The molecule has 1 saturated heterocycles. The van der Waals surface area contributed by atoms with Gasteiger partial charge in [0.25, 0.3) is 0 Å². The summed E-state index contributed by atoms with van der Waals surface area (Å²) in [7, 11) is 0. The maximum atomic E-state index is 3.54. The monoisotopic (exact) mass is 197 g/mol. The van der Waals surface area contributed by atoms with Gasteiger partial charge in [-0.25, -0.2) is 0 Å². The summed E-state index contributed by atoms with van der Waals surface area (Å²) in [5, 5.41) is 3.54. The lowest BCUT2D eigenvalue weighted by molar-refractivity contribution is 0.319. The molecular weight excluding hydrogens is 170 g/mol. The van der Waals surface area contributed by atoms with E-state index in [0.717, 1.165) is 11.8 Å².